The molecular weight excluding hydrogens is 585 g/mol. The monoisotopic (exact) mass is 608 g/mol. The van der Waals surface area contributed by atoms with Crippen LogP contribution >= 0.6 is 0 Å². The van der Waals surface area contributed by atoms with Gasteiger partial charge in [-0.1, -0.05) is 0 Å². The summed E-state index contributed by atoms with van der Waals surface area (Å²) in [5.74, 6) is 0. The minimum absolute atomic E-state index is 0. The molecule has 0 aromatic heterocycles. The molecule has 3 heteroatoms. The van der Waals surface area contributed by atoms with Crippen molar-refractivity contribution in [1.82, 2.24) is 0 Å². The van der Waals surface area contributed by atoms with Crippen molar-refractivity contribution in [2.24, 2.45) is 0 Å². The van der Waals surface area contributed by atoms with E-state index in [2.05, 4.69) is 71.0 Å². The Morgan fingerprint density at radius 1 is 0.957 bits per heavy atom. The molecule has 23 heavy (non-hydrogen) atoms. The topological polar surface area (TPSA) is 0 Å². The van der Waals surface area contributed by atoms with Gasteiger partial charge in [-0.3, -0.25) is 0 Å². The fourth-order valence-corrected chi connectivity index (χ4v) is 9.27. The average Bonchev–Trinajstić information content (AvgIpc) is 2.98. The Hall–Kier alpha value is 0.783. The third kappa shape index (κ3) is 3.53. The third-order valence-electron chi connectivity index (χ3n) is 5.70. The van der Waals surface area contributed by atoms with Gasteiger partial charge in [-0.05, 0) is 0 Å². The smallest absolute Gasteiger partial charge is 1.00 e. The van der Waals surface area contributed by atoms with Crippen LogP contribution in [-0.4, -0.2) is 0 Å². The zero-order chi connectivity index (χ0) is 15.2. The van der Waals surface area contributed by atoms with E-state index in [1.54, 1.807) is 27.9 Å². The van der Waals surface area contributed by atoms with E-state index in [-0.39, 0.29) is 48.0 Å². The van der Waals surface area contributed by atoms with Gasteiger partial charge in [0.1, 0.15) is 0 Å². The third-order valence-corrected chi connectivity index (χ3v) is 11.6. The molecule has 0 heterocycles. The molecule has 122 valence electrons. The number of hydrogen-bond donors (Lipinski definition) is 0. The van der Waals surface area contributed by atoms with Gasteiger partial charge in [-0.15, -0.1) is 0 Å². The average molecular weight is 609 g/mol. The van der Waals surface area contributed by atoms with Gasteiger partial charge in [-0.2, -0.15) is 0 Å². The molecule has 0 nitrogen and oxygen atoms in total. The molecule has 1 unspecified atom stereocenters. The Bertz CT molecular complexity index is 659. The second kappa shape index (κ2) is 8.44. The summed E-state index contributed by atoms with van der Waals surface area (Å²) < 4.78 is 1.16. The first kappa shape index (κ1) is 21.8. The van der Waals surface area contributed by atoms with Gasteiger partial charge in [0.25, 0.3) is 0 Å². The van der Waals surface area contributed by atoms with Gasteiger partial charge in [0.15, 0.2) is 0 Å². The molecule has 1 aromatic rings. The fourth-order valence-electron chi connectivity index (χ4n) is 3.97. The van der Waals surface area contributed by atoms with E-state index >= 15 is 0 Å². The van der Waals surface area contributed by atoms with Crippen LogP contribution in [0, 0.1) is 0 Å². The van der Waals surface area contributed by atoms with Crippen molar-refractivity contribution in [1.29, 1.82) is 0 Å². The van der Waals surface area contributed by atoms with Crippen molar-refractivity contribution in [3.8, 4) is 0 Å². The van der Waals surface area contributed by atoms with Gasteiger partial charge in [0, 0.05) is 0 Å². The van der Waals surface area contributed by atoms with Crippen LogP contribution in [0.3, 0.4) is 0 Å². The molecule has 3 rings (SSSR count). The molecular formula is C20H24I2Zr. The zero-order valence-electron chi connectivity index (χ0n) is 14.5. The number of halogens is 2. The summed E-state index contributed by atoms with van der Waals surface area (Å²) in [6, 6.07) is 8.97. The van der Waals surface area contributed by atoms with Gasteiger partial charge in [-0.25, -0.2) is 0 Å². The normalized spacial score (nSPS) is 20.8. The summed E-state index contributed by atoms with van der Waals surface area (Å²) in [6.45, 7) is 11.8. The molecule has 0 aliphatic heterocycles. The molecule has 2 aliphatic rings. The maximum Gasteiger partial charge on any atom is -1.00 e. The first-order chi connectivity index (χ1) is 10.0. The van der Waals surface area contributed by atoms with Crippen LogP contribution in [0.2, 0.25) is 3.12 Å². The number of hydrogen-bond acceptors (Lipinski definition) is 0. The van der Waals surface area contributed by atoms with Crippen molar-refractivity contribution in [3.63, 3.8) is 0 Å². The fraction of sp³-hybridized carbons (Fsp3) is 0.400. The molecule has 0 bridgehead atoms. The summed E-state index contributed by atoms with van der Waals surface area (Å²) in [6.07, 6.45) is 6.10. The van der Waals surface area contributed by atoms with Crippen LogP contribution in [0.4, 0.5) is 0 Å². The van der Waals surface area contributed by atoms with Crippen molar-refractivity contribution >= 4 is 6.08 Å². The summed E-state index contributed by atoms with van der Waals surface area (Å²) in [5.41, 5.74) is 9.49. The Morgan fingerprint density at radius 2 is 1.52 bits per heavy atom. The van der Waals surface area contributed by atoms with Gasteiger partial charge >= 0.3 is 141 Å². The van der Waals surface area contributed by atoms with Crippen molar-refractivity contribution in [3.05, 3.63) is 63.8 Å². The Morgan fingerprint density at radius 3 is 2.09 bits per heavy atom. The SMILES string of the molecule is CC[C]1([Zr+2][CH]2C=Cc3ccccc32)C(C)=C(C)C(C)=C1C.[I-].[I-]. The van der Waals surface area contributed by atoms with E-state index in [0.717, 1.165) is 3.63 Å². The molecule has 1 atom stereocenters. The van der Waals surface area contributed by atoms with E-state index in [1.165, 1.54) is 12.0 Å². The predicted octanol–water partition coefficient (Wildman–Crippen LogP) is 0.100. The molecule has 0 N–H and O–H groups in total. The maximum absolute atomic E-state index is 2.48. The second-order valence-corrected chi connectivity index (χ2v) is 10.7. The van der Waals surface area contributed by atoms with Crippen LogP contribution in [0.5, 0.6) is 0 Å². The number of fused-ring (bicyclic) bond motifs is 1. The summed E-state index contributed by atoms with van der Waals surface area (Å²) in [5, 5.41) is 0. The van der Waals surface area contributed by atoms with E-state index in [1.807, 2.05) is 0 Å². The van der Waals surface area contributed by atoms with E-state index in [9.17, 15) is 0 Å². The van der Waals surface area contributed by atoms with Crippen LogP contribution in [0.15, 0.2) is 52.6 Å². The van der Waals surface area contributed by atoms with Crippen molar-refractivity contribution < 1.29 is 71.2 Å². The number of benzene rings is 1. The van der Waals surface area contributed by atoms with Crippen LogP contribution < -0.4 is 48.0 Å². The van der Waals surface area contributed by atoms with Crippen LogP contribution in [-0.2, 0) is 23.2 Å². The van der Waals surface area contributed by atoms with E-state index in [0.29, 0.717) is 3.12 Å². The van der Waals surface area contributed by atoms with E-state index < -0.39 is 23.2 Å². The maximum atomic E-state index is 2.48. The summed E-state index contributed by atoms with van der Waals surface area (Å²) >= 11 is -0.654. The predicted molar refractivity (Wildman–Crippen MR) is 87.9 cm³/mol. The molecule has 1 aromatic carbocycles. The standard InChI is InChI=1S/C11H17.C9H7.2HI.Zr/c1-6-11-9(4)7(2)8(3)10(11)5;1-2-5-9-7-3-6-8(9)4-1;;;/h6H2,1-5H3;1-7H;2*1H;/q;;;;+2/p-2. The zero-order valence-corrected chi connectivity index (χ0v) is 21.3. The Kier molecular flexibility index (Phi) is 8.01. The minimum atomic E-state index is -0.654. The molecule has 0 fully saturated rings. The number of allylic oxidation sites excluding steroid dienone is 5. The van der Waals surface area contributed by atoms with Crippen LogP contribution in [0.25, 0.3) is 6.08 Å². The van der Waals surface area contributed by atoms with Gasteiger partial charge < -0.3 is 48.0 Å². The first-order valence-electron chi connectivity index (χ1n) is 7.92. The van der Waals surface area contributed by atoms with Crippen LogP contribution in [0.1, 0.15) is 55.8 Å². The Balaban J connectivity index is 0.00000132. The first-order valence-corrected chi connectivity index (χ1v) is 10.6. The summed E-state index contributed by atoms with van der Waals surface area (Å²) in [4.78, 5) is 0. The minimum Gasteiger partial charge on any atom is -1.00 e. The number of rotatable bonds is 3. The molecule has 0 amide bonds. The second-order valence-electron chi connectivity index (χ2n) is 6.37. The van der Waals surface area contributed by atoms with Crippen molar-refractivity contribution in [2.75, 3.05) is 0 Å². The largest absolute Gasteiger partial charge is 1.00 e. The molecule has 0 spiro atoms. The molecule has 0 saturated heterocycles. The van der Waals surface area contributed by atoms with E-state index in [4.69, 9.17) is 0 Å². The summed E-state index contributed by atoms with van der Waals surface area (Å²) in [7, 11) is 0. The molecule has 0 saturated carbocycles. The molecule has 2 aliphatic carbocycles. The Labute approximate surface area is 186 Å². The quantitative estimate of drug-likeness (QED) is 0.427. The van der Waals surface area contributed by atoms with Gasteiger partial charge in [0.2, 0.25) is 0 Å². The van der Waals surface area contributed by atoms with Gasteiger partial charge in [0.05, 0.1) is 0 Å². The van der Waals surface area contributed by atoms with Crippen molar-refractivity contribution in [2.45, 2.75) is 47.8 Å². The molecule has 0 radical (unpaired) electrons.